The van der Waals surface area contributed by atoms with E-state index in [2.05, 4.69) is 4.74 Å². The number of nitrogens with zero attached hydrogens (tertiary/aromatic N) is 1. The van der Waals surface area contributed by atoms with E-state index >= 15 is 0 Å². The van der Waals surface area contributed by atoms with E-state index in [1.54, 1.807) is 24.3 Å². The molecule has 1 aliphatic heterocycles. The van der Waals surface area contributed by atoms with Gasteiger partial charge in [-0.1, -0.05) is 0 Å². The Morgan fingerprint density at radius 2 is 2.16 bits per heavy atom. The van der Waals surface area contributed by atoms with Crippen LogP contribution in [0.3, 0.4) is 0 Å². The van der Waals surface area contributed by atoms with Crippen LogP contribution in [0.15, 0.2) is 24.3 Å². The Morgan fingerprint density at radius 3 is 2.74 bits per heavy atom. The zero-order chi connectivity index (χ0) is 13.8. The molecule has 6 nitrogen and oxygen atoms in total. The summed E-state index contributed by atoms with van der Waals surface area (Å²) in [5.74, 6) is -0.529. The molecule has 0 bridgehead atoms. The maximum Gasteiger partial charge on any atom is 0.414 e. The van der Waals surface area contributed by atoms with Gasteiger partial charge in [0.05, 0.1) is 25.9 Å². The van der Waals surface area contributed by atoms with Crippen LogP contribution in [0.1, 0.15) is 10.4 Å². The summed E-state index contributed by atoms with van der Waals surface area (Å²) >= 11 is 0. The smallest absolute Gasteiger partial charge is 0.414 e. The summed E-state index contributed by atoms with van der Waals surface area (Å²) in [4.78, 5) is 24.4. The van der Waals surface area contributed by atoms with Crippen LogP contribution in [0, 0.1) is 5.92 Å². The molecule has 0 aromatic heterocycles. The molecule has 1 unspecified atom stereocenters. The fraction of sp³-hybridized carbons (Fsp3) is 0.385. The third-order valence-corrected chi connectivity index (χ3v) is 2.96. The van der Waals surface area contributed by atoms with Gasteiger partial charge in [-0.2, -0.15) is 0 Å². The molecule has 1 aromatic rings. The Balaban J connectivity index is 2.16. The number of aliphatic hydroxyl groups excluding tert-OH is 1. The molecule has 1 aliphatic rings. The minimum atomic E-state index is -0.449. The molecule has 1 saturated heterocycles. The molecule has 102 valence electrons. The summed E-state index contributed by atoms with van der Waals surface area (Å²) in [5, 5.41) is 9.11. The van der Waals surface area contributed by atoms with Crippen molar-refractivity contribution in [3.8, 4) is 0 Å². The lowest BCUT2D eigenvalue weighted by Gasteiger charge is -2.31. The minimum Gasteiger partial charge on any atom is -0.465 e. The summed E-state index contributed by atoms with van der Waals surface area (Å²) in [5.41, 5.74) is 1.03. The molecule has 1 amide bonds. The van der Waals surface area contributed by atoms with E-state index in [4.69, 9.17) is 9.84 Å². The van der Waals surface area contributed by atoms with Gasteiger partial charge in [-0.15, -0.1) is 0 Å². The second-order valence-electron chi connectivity index (χ2n) is 4.27. The molecule has 1 N–H and O–H groups in total. The number of hydrogen-bond acceptors (Lipinski definition) is 5. The number of cyclic esters (lactones) is 1. The molecule has 1 aromatic carbocycles. The first-order chi connectivity index (χ1) is 9.15. The molecule has 1 heterocycles. The van der Waals surface area contributed by atoms with Crippen molar-refractivity contribution < 1.29 is 24.2 Å². The fourth-order valence-corrected chi connectivity index (χ4v) is 1.87. The van der Waals surface area contributed by atoms with E-state index in [-0.39, 0.29) is 19.1 Å². The zero-order valence-corrected chi connectivity index (χ0v) is 10.5. The van der Waals surface area contributed by atoms with Crippen LogP contribution in [-0.4, -0.2) is 44.0 Å². The lowest BCUT2D eigenvalue weighted by Crippen LogP contribution is -2.44. The van der Waals surface area contributed by atoms with Crippen LogP contribution in [0.4, 0.5) is 10.5 Å². The van der Waals surface area contributed by atoms with E-state index in [1.807, 2.05) is 0 Å². The van der Waals surface area contributed by atoms with Crippen LogP contribution in [0.25, 0.3) is 0 Å². The summed E-state index contributed by atoms with van der Waals surface area (Å²) in [7, 11) is 1.31. The molecule has 0 radical (unpaired) electrons. The van der Waals surface area contributed by atoms with E-state index < -0.39 is 12.1 Å². The van der Waals surface area contributed by atoms with Crippen molar-refractivity contribution in [2.24, 2.45) is 5.92 Å². The normalized spacial score (nSPS) is 18.9. The van der Waals surface area contributed by atoms with Crippen molar-refractivity contribution in [3.63, 3.8) is 0 Å². The number of methoxy groups -OCH3 is 1. The number of carbonyl (C=O) groups excluding carboxylic acids is 2. The standard InChI is InChI=1S/C13H15NO5/c1-18-12(16)10-2-4-11(5-3-10)14-6-9(7-15)8-19-13(14)17/h2-5,9,15H,6-8H2,1H3. The van der Waals surface area contributed by atoms with E-state index in [0.29, 0.717) is 17.8 Å². The van der Waals surface area contributed by atoms with Crippen LogP contribution in [0.2, 0.25) is 0 Å². The number of amides is 1. The van der Waals surface area contributed by atoms with Crippen molar-refractivity contribution in [2.45, 2.75) is 0 Å². The third kappa shape index (κ3) is 2.85. The Bertz CT molecular complexity index is 470. The summed E-state index contributed by atoms with van der Waals surface area (Å²) in [6.07, 6.45) is -0.449. The zero-order valence-electron chi connectivity index (χ0n) is 10.5. The van der Waals surface area contributed by atoms with Crippen LogP contribution in [-0.2, 0) is 9.47 Å². The minimum absolute atomic E-state index is 0.0377. The molecule has 6 heteroatoms. The number of benzene rings is 1. The average molecular weight is 265 g/mol. The van der Waals surface area contributed by atoms with Gasteiger partial charge < -0.3 is 14.6 Å². The van der Waals surface area contributed by atoms with Gasteiger partial charge in [0.25, 0.3) is 0 Å². The molecule has 0 saturated carbocycles. The van der Waals surface area contributed by atoms with Gasteiger partial charge in [-0.05, 0) is 24.3 Å². The Labute approximate surface area is 110 Å². The topological polar surface area (TPSA) is 76.1 Å². The van der Waals surface area contributed by atoms with Crippen molar-refractivity contribution >= 4 is 17.7 Å². The molecule has 19 heavy (non-hydrogen) atoms. The SMILES string of the molecule is COC(=O)c1ccc(N2CC(CO)COC2=O)cc1. The third-order valence-electron chi connectivity index (χ3n) is 2.96. The highest BCUT2D eigenvalue weighted by molar-refractivity contribution is 5.92. The number of carbonyl (C=O) groups is 2. The number of ether oxygens (including phenoxy) is 2. The largest absolute Gasteiger partial charge is 0.465 e. The molecule has 0 spiro atoms. The summed E-state index contributed by atoms with van der Waals surface area (Å²) < 4.78 is 9.58. The number of aliphatic hydroxyl groups is 1. The Kier molecular flexibility index (Phi) is 4.01. The van der Waals surface area contributed by atoms with Crippen molar-refractivity contribution in [1.82, 2.24) is 0 Å². The maximum atomic E-state index is 11.7. The number of esters is 1. The van der Waals surface area contributed by atoms with Crippen LogP contribution < -0.4 is 4.90 Å². The Morgan fingerprint density at radius 1 is 1.47 bits per heavy atom. The number of rotatable bonds is 3. The monoisotopic (exact) mass is 265 g/mol. The van der Waals surface area contributed by atoms with Gasteiger partial charge in [0.15, 0.2) is 0 Å². The Hall–Kier alpha value is -2.08. The van der Waals surface area contributed by atoms with E-state index in [0.717, 1.165) is 0 Å². The van der Waals surface area contributed by atoms with Gasteiger partial charge in [0.2, 0.25) is 0 Å². The first kappa shape index (κ1) is 13.4. The summed E-state index contributed by atoms with van der Waals surface area (Å²) in [6, 6.07) is 6.45. The lowest BCUT2D eigenvalue weighted by molar-refractivity contribution is 0.0600. The molecule has 2 rings (SSSR count). The maximum absolute atomic E-state index is 11.7. The fourth-order valence-electron chi connectivity index (χ4n) is 1.87. The highest BCUT2D eigenvalue weighted by Gasteiger charge is 2.27. The number of hydrogen-bond donors (Lipinski definition) is 1. The second-order valence-corrected chi connectivity index (χ2v) is 4.27. The highest BCUT2D eigenvalue weighted by atomic mass is 16.6. The first-order valence-electron chi connectivity index (χ1n) is 5.89. The predicted octanol–water partition coefficient (Wildman–Crippen LogP) is 1.04. The first-order valence-corrected chi connectivity index (χ1v) is 5.89. The quantitative estimate of drug-likeness (QED) is 0.826. The average Bonchev–Trinajstić information content (AvgIpc) is 2.47. The van der Waals surface area contributed by atoms with Gasteiger partial charge in [-0.3, -0.25) is 4.90 Å². The van der Waals surface area contributed by atoms with Gasteiger partial charge in [0.1, 0.15) is 0 Å². The van der Waals surface area contributed by atoms with Crippen LogP contribution in [0.5, 0.6) is 0 Å². The molecule has 1 fully saturated rings. The van der Waals surface area contributed by atoms with E-state index in [9.17, 15) is 9.59 Å². The highest BCUT2D eigenvalue weighted by Crippen LogP contribution is 2.21. The van der Waals surface area contributed by atoms with Gasteiger partial charge >= 0.3 is 12.1 Å². The number of anilines is 1. The van der Waals surface area contributed by atoms with E-state index in [1.165, 1.54) is 12.0 Å². The van der Waals surface area contributed by atoms with Gasteiger partial charge in [-0.25, -0.2) is 9.59 Å². The molecular formula is C13H15NO5. The molecular weight excluding hydrogens is 250 g/mol. The van der Waals surface area contributed by atoms with Crippen molar-refractivity contribution in [2.75, 3.05) is 31.8 Å². The lowest BCUT2D eigenvalue weighted by atomic mass is 10.1. The van der Waals surface area contributed by atoms with Crippen molar-refractivity contribution in [1.29, 1.82) is 0 Å². The second kappa shape index (κ2) is 5.71. The van der Waals surface area contributed by atoms with Crippen LogP contribution >= 0.6 is 0 Å². The molecule has 1 atom stereocenters. The predicted molar refractivity (Wildman–Crippen MR) is 67.1 cm³/mol. The molecule has 0 aliphatic carbocycles. The van der Waals surface area contributed by atoms with Gasteiger partial charge in [0, 0.05) is 18.2 Å². The van der Waals surface area contributed by atoms with Crippen molar-refractivity contribution in [3.05, 3.63) is 29.8 Å². The summed E-state index contributed by atoms with van der Waals surface area (Å²) in [6.45, 7) is 0.586.